The summed E-state index contributed by atoms with van der Waals surface area (Å²) in [5, 5.41) is 3.29. The molecule has 1 aromatic rings. The van der Waals surface area contributed by atoms with E-state index in [1.807, 2.05) is 0 Å². The van der Waals surface area contributed by atoms with Gasteiger partial charge in [-0.1, -0.05) is 15.9 Å². The lowest BCUT2D eigenvalue weighted by Crippen LogP contribution is -1.88. The van der Waals surface area contributed by atoms with Gasteiger partial charge in [-0.3, -0.25) is 0 Å². The minimum Gasteiger partial charge on any atom is -0.323 e. The predicted molar refractivity (Wildman–Crippen MR) is 45.9 cm³/mol. The van der Waals surface area contributed by atoms with E-state index >= 15 is 0 Å². The van der Waals surface area contributed by atoms with Crippen molar-refractivity contribution in [2.75, 3.05) is 0 Å². The average molecular weight is 217 g/mol. The van der Waals surface area contributed by atoms with Crippen LogP contribution in [0.5, 0.6) is 0 Å². The SMILES string of the molecule is NN=Cc1cc(F)ccc1Br. The molecule has 1 aromatic carbocycles. The minimum absolute atomic E-state index is 0.303. The Morgan fingerprint density at radius 3 is 2.91 bits per heavy atom. The molecule has 0 saturated carbocycles. The summed E-state index contributed by atoms with van der Waals surface area (Å²) < 4.78 is 13.3. The summed E-state index contributed by atoms with van der Waals surface area (Å²) in [7, 11) is 0. The fraction of sp³-hybridized carbons (Fsp3) is 0. The van der Waals surface area contributed by atoms with E-state index < -0.39 is 0 Å². The molecule has 4 heteroatoms. The van der Waals surface area contributed by atoms with Crippen LogP contribution in [0.15, 0.2) is 27.8 Å². The van der Waals surface area contributed by atoms with E-state index in [0.29, 0.717) is 5.56 Å². The average Bonchev–Trinajstić information content (AvgIpc) is 1.98. The van der Waals surface area contributed by atoms with Crippen molar-refractivity contribution in [2.45, 2.75) is 0 Å². The third kappa shape index (κ3) is 2.01. The van der Waals surface area contributed by atoms with Crippen LogP contribution in [-0.2, 0) is 0 Å². The molecule has 0 heterocycles. The molecule has 0 bridgehead atoms. The zero-order valence-corrected chi connectivity index (χ0v) is 7.18. The highest BCUT2D eigenvalue weighted by molar-refractivity contribution is 9.10. The number of benzene rings is 1. The van der Waals surface area contributed by atoms with Gasteiger partial charge in [0.2, 0.25) is 0 Å². The Labute approximate surface area is 72.0 Å². The smallest absolute Gasteiger partial charge is 0.123 e. The van der Waals surface area contributed by atoms with Crippen molar-refractivity contribution >= 4 is 22.1 Å². The van der Waals surface area contributed by atoms with Gasteiger partial charge in [0.1, 0.15) is 5.82 Å². The van der Waals surface area contributed by atoms with Gasteiger partial charge >= 0.3 is 0 Å². The Hall–Kier alpha value is -0.900. The van der Waals surface area contributed by atoms with Gasteiger partial charge in [-0.25, -0.2) is 4.39 Å². The number of nitrogens with two attached hydrogens (primary N) is 1. The van der Waals surface area contributed by atoms with E-state index in [9.17, 15) is 4.39 Å². The third-order valence-electron chi connectivity index (χ3n) is 1.17. The normalized spacial score (nSPS) is 10.7. The highest BCUT2D eigenvalue weighted by Gasteiger charge is 1.97. The van der Waals surface area contributed by atoms with Gasteiger partial charge in [0.15, 0.2) is 0 Å². The van der Waals surface area contributed by atoms with Gasteiger partial charge in [-0.05, 0) is 18.2 Å². The molecule has 58 valence electrons. The second kappa shape index (κ2) is 3.48. The Morgan fingerprint density at radius 1 is 1.55 bits per heavy atom. The maximum absolute atomic E-state index is 12.5. The first-order valence-electron chi connectivity index (χ1n) is 2.92. The summed E-state index contributed by atoms with van der Waals surface area (Å²) in [5.41, 5.74) is 0.632. The maximum atomic E-state index is 12.5. The van der Waals surface area contributed by atoms with Gasteiger partial charge < -0.3 is 5.84 Å². The first-order chi connectivity index (χ1) is 5.24. The minimum atomic E-state index is -0.303. The molecule has 11 heavy (non-hydrogen) atoms. The van der Waals surface area contributed by atoms with Crippen LogP contribution in [0.3, 0.4) is 0 Å². The molecule has 0 atom stereocenters. The Bertz CT molecular complexity index is 286. The van der Waals surface area contributed by atoms with Crippen LogP contribution in [0.2, 0.25) is 0 Å². The molecule has 1 rings (SSSR count). The van der Waals surface area contributed by atoms with Crippen molar-refractivity contribution in [1.29, 1.82) is 0 Å². The fourth-order valence-corrected chi connectivity index (χ4v) is 1.04. The number of hydrogen-bond acceptors (Lipinski definition) is 2. The van der Waals surface area contributed by atoms with Crippen molar-refractivity contribution in [1.82, 2.24) is 0 Å². The number of hydrazone groups is 1. The zero-order valence-electron chi connectivity index (χ0n) is 5.59. The standard InChI is InChI=1S/C7H6BrFN2/c8-7-2-1-6(9)3-5(7)4-11-10/h1-4H,10H2. The lowest BCUT2D eigenvalue weighted by Gasteiger charge is -1.95. The van der Waals surface area contributed by atoms with E-state index in [-0.39, 0.29) is 5.82 Å². The van der Waals surface area contributed by atoms with Gasteiger partial charge in [0, 0.05) is 10.0 Å². The summed E-state index contributed by atoms with van der Waals surface area (Å²) in [5.74, 6) is 4.60. The maximum Gasteiger partial charge on any atom is 0.123 e. The molecule has 0 aromatic heterocycles. The molecular formula is C7H6BrFN2. The van der Waals surface area contributed by atoms with E-state index in [1.165, 1.54) is 18.3 Å². The monoisotopic (exact) mass is 216 g/mol. The number of halogens is 2. The summed E-state index contributed by atoms with van der Waals surface area (Å²) in [6.45, 7) is 0. The number of rotatable bonds is 1. The molecule has 2 nitrogen and oxygen atoms in total. The summed E-state index contributed by atoms with van der Waals surface area (Å²) >= 11 is 3.22. The van der Waals surface area contributed by atoms with Gasteiger partial charge in [-0.2, -0.15) is 5.10 Å². The molecule has 0 aliphatic carbocycles. The van der Waals surface area contributed by atoms with Gasteiger partial charge in [0.25, 0.3) is 0 Å². The number of hydrogen-bond donors (Lipinski definition) is 1. The molecule has 0 spiro atoms. The Balaban J connectivity index is 3.12. The first-order valence-corrected chi connectivity index (χ1v) is 3.71. The van der Waals surface area contributed by atoms with Crippen molar-refractivity contribution in [3.8, 4) is 0 Å². The lowest BCUT2D eigenvalue weighted by atomic mass is 10.2. The molecule has 0 amide bonds. The Morgan fingerprint density at radius 2 is 2.27 bits per heavy atom. The van der Waals surface area contributed by atoms with Crippen LogP contribution in [0.25, 0.3) is 0 Å². The van der Waals surface area contributed by atoms with E-state index in [0.717, 1.165) is 4.47 Å². The van der Waals surface area contributed by atoms with Crippen molar-refractivity contribution in [3.05, 3.63) is 34.1 Å². The zero-order chi connectivity index (χ0) is 8.27. The molecule has 0 unspecified atom stereocenters. The largest absolute Gasteiger partial charge is 0.323 e. The highest BCUT2D eigenvalue weighted by Crippen LogP contribution is 2.15. The molecule has 0 aliphatic rings. The highest BCUT2D eigenvalue weighted by atomic mass is 79.9. The predicted octanol–water partition coefficient (Wildman–Crippen LogP) is 1.88. The molecule has 0 aliphatic heterocycles. The van der Waals surface area contributed by atoms with E-state index in [4.69, 9.17) is 5.84 Å². The van der Waals surface area contributed by atoms with E-state index in [2.05, 4.69) is 21.0 Å². The second-order valence-corrected chi connectivity index (χ2v) is 2.80. The molecule has 0 saturated heterocycles. The van der Waals surface area contributed by atoms with Crippen LogP contribution >= 0.6 is 15.9 Å². The topological polar surface area (TPSA) is 38.4 Å². The first kappa shape index (κ1) is 8.20. The summed E-state index contributed by atoms with van der Waals surface area (Å²) in [6, 6.07) is 4.31. The summed E-state index contributed by atoms with van der Waals surface area (Å²) in [6.07, 6.45) is 1.38. The van der Waals surface area contributed by atoms with Gasteiger partial charge in [0.05, 0.1) is 6.21 Å². The number of nitrogens with zero attached hydrogens (tertiary/aromatic N) is 1. The Kier molecular flexibility index (Phi) is 2.59. The second-order valence-electron chi connectivity index (χ2n) is 1.94. The van der Waals surface area contributed by atoms with Crippen LogP contribution in [0.1, 0.15) is 5.56 Å². The third-order valence-corrected chi connectivity index (χ3v) is 1.89. The molecule has 0 fully saturated rings. The molecular weight excluding hydrogens is 211 g/mol. The molecule has 2 N–H and O–H groups in total. The summed E-state index contributed by atoms with van der Waals surface area (Å²) in [4.78, 5) is 0. The van der Waals surface area contributed by atoms with E-state index in [1.54, 1.807) is 6.07 Å². The van der Waals surface area contributed by atoms with Crippen molar-refractivity contribution < 1.29 is 4.39 Å². The van der Waals surface area contributed by atoms with Crippen molar-refractivity contribution in [2.24, 2.45) is 10.9 Å². The van der Waals surface area contributed by atoms with Crippen LogP contribution < -0.4 is 5.84 Å². The van der Waals surface area contributed by atoms with Crippen LogP contribution in [0.4, 0.5) is 4.39 Å². The van der Waals surface area contributed by atoms with Gasteiger partial charge in [-0.15, -0.1) is 0 Å². The fourth-order valence-electron chi connectivity index (χ4n) is 0.694. The van der Waals surface area contributed by atoms with Crippen molar-refractivity contribution in [3.63, 3.8) is 0 Å². The lowest BCUT2D eigenvalue weighted by molar-refractivity contribution is 0.627. The quantitative estimate of drug-likeness (QED) is 0.435. The van der Waals surface area contributed by atoms with Crippen LogP contribution in [-0.4, -0.2) is 6.21 Å². The van der Waals surface area contributed by atoms with Crippen LogP contribution in [0, 0.1) is 5.82 Å². The molecule has 0 radical (unpaired) electrons.